The number of hydrogen-bond donors (Lipinski definition) is 0. The van der Waals surface area contributed by atoms with Crippen LogP contribution in [-0.4, -0.2) is 5.78 Å². The zero-order valence-electron chi connectivity index (χ0n) is 9.12. The van der Waals surface area contributed by atoms with E-state index in [0.29, 0.717) is 12.2 Å². The lowest BCUT2D eigenvalue weighted by atomic mass is 10.0. The Morgan fingerprint density at radius 2 is 1.88 bits per heavy atom. The number of rotatable bonds is 1. The van der Waals surface area contributed by atoms with Crippen molar-refractivity contribution in [3.63, 3.8) is 0 Å². The van der Waals surface area contributed by atoms with Crippen molar-refractivity contribution in [2.45, 2.75) is 19.8 Å². The first kappa shape index (κ1) is 9.79. The molecule has 16 heavy (non-hydrogen) atoms. The number of hydrogen-bond acceptors (Lipinski definition) is 2. The van der Waals surface area contributed by atoms with Crippen LogP contribution in [0.4, 0.5) is 0 Å². The van der Waals surface area contributed by atoms with Gasteiger partial charge in [0.25, 0.3) is 0 Å². The van der Waals surface area contributed by atoms with Gasteiger partial charge in [0.15, 0.2) is 5.78 Å². The van der Waals surface area contributed by atoms with Crippen LogP contribution < -0.4 is 0 Å². The van der Waals surface area contributed by atoms with Crippen LogP contribution in [-0.2, 0) is 6.42 Å². The third-order valence-corrected chi connectivity index (χ3v) is 4.12. The van der Waals surface area contributed by atoms with Crippen LogP contribution in [0.2, 0.25) is 0 Å². The van der Waals surface area contributed by atoms with E-state index >= 15 is 0 Å². The Balaban J connectivity index is 2.19. The third kappa shape index (κ3) is 1.41. The van der Waals surface area contributed by atoms with Crippen molar-refractivity contribution in [1.82, 2.24) is 0 Å². The quantitative estimate of drug-likeness (QED) is 0.724. The Bertz CT molecular complexity index is 566. The van der Waals surface area contributed by atoms with E-state index in [1.165, 1.54) is 20.9 Å². The monoisotopic (exact) mass is 228 g/mol. The second kappa shape index (κ2) is 3.56. The van der Waals surface area contributed by atoms with E-state index in [0.717, 1.165) is 12.0 Å². The van der Waals surface area contributed by atoms with E-state index in [1.54, 1.807) is 11.3 Å². The van der Waals surface area contributed by atoms with Gasteiger partial charge in [-0.25, -0.2) is 0 Å². The van der Waals surface area contributed by atoms with Gasteiger partial charge in [0, 0.05) is 21.7 Å². The average molecular weight is 228 g/mol. The number of aryl methyl sites for hydroxylation is 1. The minimum absolute atomic E-state index is 0.296. The first-order chi connectivity index (χ1) is 7.75. The molecule has 0 saturated heterocycles. The maximum absolute atomic E-state index is 11.7. The molecule has 0 amide bonds. The Labute approximate surface area is 98.7 Å². The Morgan fingerprint density at radius 3 is 2.62 bits per heavy atom. The highest BCUT2D eigenvalue weighted by Gasteiger charge is 2.22. The first-order valence-corrected chi connectivity index (χ1v) is 6.29. The summed E-state index contributed by atoms with van der Waals surface area (Å²) >= 11 is 1.80. The highest BCUT2D eigenvalue weighted by Crippen LogP contribution is 2.35. The van der Waals surface area contributed by atoms with Crippen molar-refractivity contribution in [3.8, 4) is 10.4 Å². The number of ketones is 1. The summed E-state index contributed by atoms with van der Waals surface area (Å²) in [6, 6.07) is 10.4. The molecule has 0 saturated carbocycles. The van der Waals surface area contributed by atoms with Gasteiger partial charge in [0.05, 0.1) is 0 Å². The van der Waals surface area contributed by atoms with Crippen LogP contribution in [0, 0.1) is 6.92 Å². The van der Waals surface area contributed by atoms with E-state index in [-0.39, 0.29) is 0 Å². The van der Waals surface area contributed by atoms with Crippen molar-refractivity contribution >= 4 is 17.1 Å². The summed E-state index contributed by atoms with van der Waals surface area (Å²) in [7, 11) is 0. The zero-order chi connectivity index (χ0) is 11.1. The number of fused-ring (bicyclic) bond motifs is 1. The lowest BCUT2D eigenvalue weighted by Crippen LogP contribution is -1.91. The van der Waals surface area contributed by atoms with E-state index in [2.05, 4.69) is 25.1 Å². The second-order valence-corrected chi connectivity index (χ2v) is 5.45. The van der Waals surface area contributed by atoms with Gasteiger partial charge in [-0.2, -0.15) is 0 Å². The normalized spacial score (nSPS) is 14.2. The molecular formula is C14H12OS. The predicted molar refractivity (Wildman–Crippen MR) is 67.1 cm³/mol. The molecule has 1 nitrogen and oxygen atoms in total. The number of carbonyl (C=O) groups is 1. The van der Waals surface area contributed by atoms with Gasteiger partial charge >= 0.3 is 0 Å². The highest BCUT2D eigenvalue weighted by atomic mass is 32.1. The maximum atomic E-state index is 11.7. The summed E-state index contributed by atoms with van der Waals surface area (Å²) in [6.45, 7) is 2.11. The largest absolute Gasteiger partial charge is 0.294 e. The fraction of sp³-hybridized carbons (Fsp3) is 0.214. The summed E-state index contributed by atoms with van der Waals surface area (Å²) in [5.74, 6) is 0.296. The molecule has 0 radical (unpaired) electrons. The molecule has 1 heterocycles. The third-order valence-electron chi connectivity index (χ3n) is 3.08. The average Bonchev–Trinajstić information content (AvgIpc) is 2.86. The van der Waals surface area contributed by atoms with Crippen LogP contribution in [0.15, 0.2) is 30.3 Å². The SMILES string of the molecule is Cc1ccc(-c2cccc3c2CCC3=O)s1. The summed E-state index contributed by atoms with van der Waals surface area (Å²) in [4.78, 5) is 14.3. The van der Waals surface area contributed by atoms with Gasteiger partial charge in [-0.15, -0.1) is 11.3 Å². The molecule has 1 aromatic heterocycles. The first-order valence-electron chi connectivity index (χ1n) is 5.47. The molecule has 80 valence electrons. The number of thiophene rings is 1. The van der Waals surface area contributed by atoms with Gasteiger partial charge in [0.1, 0.15) is 0 Å². The maximum Gasteiger partial charge on any atom is 0.163 e. The molecule has 0 spiro atoms. The Hall–Kier alpha value is -1.41. The minimum Gasteiger partial charge on any atom is -0.294 e. The zero-order valence-corrected chi connectivity index (χ0v) is 9.93. The van der Waals surface area contributed by atoms with E-state index in [1.807, 2.05) is 12.1 Å². The summed E-state index contributed by atoms with van der Waals surface area (Å²) in [5, 5.41) is 0. The highest BCUT2D eigenvalue weighted by molar-refractivity contribution is 7.15. The van der Waals surface area contributed by atoms with Crippen LogP contribution in [0.3, 0.4) is 0 Å². The minimum atomic E-state index is 0.296. The van der Waals surface area contributed by atoms with Gasteiger partial charge in [-0.05, 0) is 36.6 Å². The fourth-order valence-electron chi connectivity index (χ4n) is 2.30. The fourth-order valence-corrected chi connectivity index (χ4v) is 3.22. The van der Waals surface area contributed by atoms with Crippen LogP contribution >= 0.6 is 11.3 Å². The molecule has 3 rings (SSSR count). The molecule has 0 fully saturated rings. The van der Waals surface area contributed by atoms with Gasteiger partial charge in [-0.3, -0.25) is 4.79 Å². The second-order valence-electron chi connectivity index (χ2n) is 4.17. The molecule has 0 N–H and O–H groups in total. The van der Waals surface area contributed by atoms with Crippen molar-refractivity contribution in [1.29, 1.82) is 0 Å². The van der Waals surface area contributed by atoms with Crippen molar-refractivity contribution < 1.29 is 4.79 Å². The summed E-state index contributed by atoms with van der Waals surface area (Å²) < 4.78 is 0. The molecule has 0 bridgehead atoms. The van der Waals surface area contributed by atoms with E-state index in [9.17, 15) is 4.79 Å². The molecular weight excluding hydrogens is 216 g/mol. The van der Waals surface area contributed by atoms with Crippen molar-refractivity contribution in [2.75, 3.05) is 0 Å². The molecule has 2 heteroatoms. The number of benzene rings is 1. The number of carbonyl (C=O) groups excluding carboxylic acids is 1. The van der Waals surface area contributed by atoms with Crippen LogP contribution in [0.1, 0.15) is 27.2 Å². The Morgan fingerprint density at radius 1 is 1.06 bits per heavy atom. The molecule has 2 aromatic rings. The van der Waals surface area contributed by atoms with Crippen LogP contribution in [0.5, 0.6) is 0 Å². The molecule has 0 unspecified atom stereocenters. The smallest absolute Gasteiger partial charge is 0.163 e. The standard InChI is InChI=1S/C14H12OS/c1-9-5-8-14(16-9)12-4-2-3-11-10(12)6-7-13(11)15/h2-5,8H,6-7H2,1H3. The van der Waals surface area contributed by atoms with Gasteiger partial charge < -0.3 is 0 Å². The lowest BCUT2D eigenvalue weighted by molar-refractivity contribution is 0.0994. The molecule has 0 aliphatic heterocycles. The van der Waals surface area contributed by atoms with E-state index < -0.39 is 0 Å². The van der Waals surface area contributed by atoms with Gasteiger partial charge in [0.2, 0.25) is 0 Å². The van der Waals surface area contributed by atoms with Crippen LogP contribution in [0.25, 0.3) is 10.4 Å². The topological polar surface area (TPSA) is 17.1 Å². The summed E-state index contributed by atoms with van der Waals surface area (Å²) in [6.07, 6.45) is 1.58. The molecule has 0 atom stereocenters. The van der Waals surface area contributed by atoms with E-state index in [4.69, 9.17) is 0 Å². The molecule has 1 aromatic carbocycles. The summed E-state index contributed by atoms with van der Waals surface area (Å²) in [5.41, 5.74) is 3.43. The Kier molecular flexibility index (Phi) is 2.18. The predicted octanol–water partition coefficient (Wildman–Crippen LogP) is 3.85. The molecule has 1 aliphatic rings. The van der Waals surface area contributed by atoms with Crippen molar-refractivity contribution in [2.24, 2.45) is 0 Å². The molecule has 1 aliphatic carbocycles. The van der Waals surface area contributed by atoms with Gasteiger partial charge in [-0.1, -0.05) is 18.2 Å². The van der Waals surface area contributed by atoms with Crippen molar-refractivity contribution in [3.05, 3.63) is 46.3 Å². The lowest BCUT2D eigenvalue weighted by Gasteiger charge is -2.04. The number of Topliss-reactive ketones (excluding diaryl/α,β-unsaturated/α-hetero) is 1.